The van der Waals surface area contributed by atoms with Gasteiger partial charge in [-0.15, -0.1) is 0 Å². The van der Waals surface area contributed by atoms with Crippen LogP contribution in [0.15, 0.2) is 108 Å². The number of hydrogen-bond donors (Lipinski definition) is 1. The van der Waals surface area contributed by atoms with Crippen LogP contribution in [0.4, 0.5) is 18.9 Å². The number of carbonyl (C=O) groups is 2. The van der Waals surface area contributed by atoms with Crippen molar-refractivity contribution < 1.29 is 31.2 Å². The monoisotopic (exact) mass is 731 g/mol. The highest BCUT2D eigenvalue weighted by Crippen LogP contribution is 2.34. The van der Waals surface area contributed by atoms with Crippen molar-refractivity contribution in [2.75, 3.05) is 10.8 Å². The molecule has 0 spiro atoms. The lowest BCUT2D eigenvalue weighted by molar-refractivity contribution is -0.140. The molecule has 0 radical (unpaired) electrons. The predicted octanol–water partition coefficient (Wildman–Crippen LogP) is 7.91. The molecule has 1 atom stereocenters. The molecule has 1 aliphatic rings. The van der Waals surface area contributed by atoms with Crippen LogP contribution in [0.3, 0.4) is 0 Å². The zero-order chi connectivity index (χ0) is 35.2. The van der Waals surface area contributed by atoms with Crippen LogP contribution in [0.5, 0.6) is 0 Å². The molecule has 258 valence electrons. The SMILES string of the molecule is O=C(NC1CCCC1)[C@H](Cc1ccccc1)N(Cc1ccc(Cl)cc1Cl)C(=O)CN(c1cccc(C(F)(F)F)c1)S(=O)(=O)c1ccccc1. The average Bonchev–Trinajstić information content (AvgIpc) is 3.59. The maximum atomic E-state index is 14.6. The Labute approximate surface area is 293 Å². The molecule has 0 unspecified atom stereocenters. The van der Waals surface area contributed by atoms with Gasteiger partial charge < -0.3 is 10.2 Å². The highest BCUT2D eigenvalue weighted by atomic mass is 35.5. The van der Waals surface area contributed by atoms with Crippen LogP contribution in [0.25, 0.3) is 0 Å². The minimum Gasteiger partial charge on any atom is -0.352 e. The first-order valence-electron chi connectivity index (χ1n) is 15.7. The topological polar surface area (TPSA) is 86.8 Å². The third-order valence-electron chi connectivity index (χ3n) is 8.40. The molecule has 1 fully saturated rings. The lowest BCUT2D eigenvalue weighted by atomic mass is 10.0. The fraction of sp³-hybridized carbons (Fsp3) is 0.278. The summed E-state index contributed by atoms with van der Waals surface area (Å²) in [4.78, 5) is 29.7. The van der Waals surface area contributed by atoms with Crippen LogP contribution >= 0.6 is 23.2 Å². The number of nitrogens with one attached hydrogen (secondary N) is 1. The Kier molecular flexibility index (Phi) is 11.6. The van der Waals surface area contributed by atoms with E-state index in [9.17, 15) is 31.2 Å². The largest absolute Gasteiger partial charge is 0.416 e. The number of anilines is 1. The van der Waals surface area contributed by atoms with Gasteiger partial charge >= 0.3 is 6.18 Å². The summed E-state index contributed by atoms with van der Waals surface area (Å²) in [6, 6.07) is 23.3. The molecule has 1 N–H and O–H groups in total. The third kappa shape index (κ3) is 9.14. The molecule has 7 nitrogen and oxygen atoms in total. The first kappa shape index (κ1) is 36.2. The molecular weight excluding hydrogens is 698 g/mol. The van der Waals surface area contributed by atoms with Crippen molar-refractivity contribution in [3.05, 3.63) is 130 Å². The Morgan fingerprint density at radius 3 is 2.14 bits per heavy atom. The second-order valence-corrected chi connectivity index (χ2v) is 14.5. The van der Waals surface area contributed by atoms with Crippen LogP contribution in [0.2, 0.25) is 10.0 Å². The summed E-state index contributed by atoms with van der Waals surface area (Å²) >= 11 is 12.7. The maximum absolute atomic E-state index is 14.6. The zero-order valence-corrected chi connectivity index (χ0v) is 28.6. The van der Waals surface area contributed by atoms with E-state index in [1.165, 1.54) is 41.3 Å². The molecule has 49 heavy (non-hydrogen) atoms. The van der Waals surface area contributed by atoms with Gasteiger partial charge in [-0.1, -0.05) is 96.7 Å². The van der Waals surface area contributed by atoms with E-state index in [4.69, 9.17) is 23.2 Å². The van der Waals surface area contributed by atoms with E-state index in [2.05, 4.69) is 5.32 Å². The second kappa shape index (κ2) is 15.7. The van der Waals surface area contributed by atoms with Crippen LogP contribution in [0, 0.1) is 0 Å². The summed E-state index contributed by atoms with van der Waals surface area (Å²) in [5.74, 6) is -1.27. The summed E-state index contributed by atoms with van der Waals surface area (Å²) < 4.78 is 70.2. The molecular formula is C36H34Cl2F3N3O4S. The molecule has 0 saturated heterocycles. The first-order valence-corrected chi connectivity index (χ1v) is 17.9. The molecule has 13 heteroatoms. The minimum absolute atomic E-state index is 0.0747. The van der Waals surface area contributed by atoms with Crippen molar-refractivity contribution in [3.8, 4) is 0 Å². The fourth-order valence-electron chi connectivity index (χ4n) is 5.84. The molecule has 1 saturated carbocycles. The fourth-order valence-corrected chi connectivity index (χ4v) is 7.74. The first-order chi connectivity index (χ1) is 23.3. The quantitative estimate of drug-likeness (QED) is 0.161. The number of amides is 2. The van der Waals surface area contributed by atoms with E-state index >= 15 is 0 Å². The molecule has 0 heterocycles. The maximum Gasteiger partial charge on any atom is 0.416 e. The van der Waals surface area contributed by atoms with Crippen LogP contribution in [-0.4, -0.2) is 43.8 Å². The Morgan fingerprint density at radius 2 is 1.51 bits per heavy atom. The normalized spacial score (nSPS) is 14.3. The predicted molar refractivity (Wildman–Crippen MR) is 184 cm³/mol. The highest BCUT2D eigenvalue weighted by Gasteiger charge is 2.37. The minimum atomic E-state index is -4.78. The van der Waals surface area contributed by atoms with Crippen LogP contribution < -0.4 is 9.62 Å². The number of benzene rings is 4. The molecule has 0 aliphatic heterocycles. The van der Waals surface area contributed by atoms with E-state index in [1.54, 1.807) is 30.3 Å². The molecule has 4 aromatic rings. The summed E-state index contributed by atoms with van der Waals surface area (Å²) in [6.45, 7) is -1.13. The van der Waals surface area contributed by atoms with Gasteiger partial charge in [-0.25, -0.2) is 8.42 Å². The number of rotatable bonds is 12. The molecule has 5 rings (SSSR count). The van der Waals surface area contributed by atoms with Crippen molar-refractivity contribution >= 4 is 50.7 Å². The van der Waals surface area contributed by atoms with Gasteiger partial charge in [-0.05, 0) is 66.4 Å². The zero-order valence-electron chi connectivity index (χ0n) is 26.2. The van der Waals surface area contributed by atoms with E-state index < -0.39 is 46.2 Å². The van der Waals surface area contributed by atoms with Crippen molar-refractivity contribution in [3.63, 3.8) is 0 Å². The van der Waals surface area contributed by atoms with Gasteiger partial charge in [0.15, 0.2) is 0 Å². The van der Waals surface area contributed by atoms with Crippen LogP contribution in [-0.2, 0) is 38.8 Å². The smallest absolute Gasteiger partial charge is 0.352 e. The number of halogens is 5. The Morgan fingerprint density at radius 1 is 0.857 bits per heavy atom. The lowest BCUT2D eigenvalue weighted by Crippen LogP contribution is -2.54. The summed E-state index contributed by atoms with van der Waals surface area (Å²) in [5, 5.41) is 3.62. The van der Waals surface area contributed by atoms with Crippen molar-refractivity contribution in [1.29, 1.82) is 0 Å². The van der Waals surface area contributed by atoms with Crippen molar-refractivity contribution in [1.82, 2.24) is 10.2 Å². The van der Waals surface area contributed by atoms with Gasteiger partial charge in [0.05, 0.1) is 16.1 Å². The molecule has 0 bridgehead atoms. The van der Waals surface area contributed by atoms with Gasteiger partial charge in [0, 0.05) is 29.1 Å². The van der Waals surface area contributed by atoms with Gasteiger partial charge in [0.1, 0.15) is 12.6 Å². The van der Waals surface area contributed by atoms with E-state index in [1.807, 2.05) is 18.2 Å². The standard InChI is InChI=1S/C36H34Cl2F3N3O4S/c37-28-19-18-26(32(38)22-28)23-43(33(20-25-10-3-1-4-11-25)35(46)42-29-13-7-8-14-29)34(45)24-44(49(47,48)31-16-5-2-6-17-31)30-15-9-12-27(21-30)36(39,40)41/h1-6,9-12,15-19,21-22,29,33H,7-8,13-14,20,23-24H2,(H,42,46)/t33-/m0/s1. The van der Waals surface area contributed by atoms with Gasteiger partial charge in [-0.2, -0.15) is 13.2 Å². The third-order valence-corrected chi connectivity index (χ3v) is 10.8. The number of nitrogens with zero attached hydrogens (tertiary/aromatic N) is 2. The number of carbonyl (C=O) groups excluding carboxylic acids is 2. The molecule has 2 amide bonds. The molecule has 0 aromatic heterocycles. The average molecular weight is 733 g/mol. The molecule has 4 aromatic carbocycles. The van der Waals surface area contributed by atoms with Gasteiger partial charge in [0.2, 0.25) is 11.8 Å². The summed E-state index contributed by atoms with van der Waals surface area (Å²) in [6.07, 6.45) is -1.26. The second-order valence-electron chi connectivity index (χ2n) is 11.8. The number of hydrogen-bond acceptors (Lipinski definition) is 4. The highest BCUT2D eigenvalue weighted by molar-refractivity contribution is 7.92. The number of alkyl halides is 3. The van der Waals surface area contributed by atoms with Crippen LogP contribution in [0.1, 0.15) is 42.4 Å². The summed E-state index contributed by atoms with van der Waals surface area (Å²) in [5.41, 5.74) is -0.289. The van der Waals surface area contributed by atoms with Crippen molar-refractivity contribution in [2.45, 2.75) is 61.8 Å². The van der Waals surface area contributed by atoms with E-state index in [-0.39, 0.29) is 34.6 Å². The van der Waals surface area contributed by atoms with Crippen molar-refractivity contribution in [2.24, 2.45) is 0 Å². The number of sulfonamides is 1. The van der Waals surface area contributed by atoms with Gasteiger partial charge in [0.25, 0.3) is 10.0 Å². The van der Waals surface area contributed by atoms with E-state index in [0.29, 0.717) is 21.0 Å². The van der Waals surface area contributed by atoms with Gasteiger partial charge in [-0.3, -0.25) is 13.9 Å². The Balaban J connectivity index is 1.61. The summed E-state index contributed by atoms with van der Waals surface area (Å²) in [7, 11) is -4.58. The Bertz CT molecular complexity index is 1870. The van der Waals surface area contributed by atoms with E-state index in [0.717, 1.165) is 43.4 Å². The lowest BCUT2D eigenvalue weighted by Gasteiger charge is -2.34. The Hall–Kier alpha value is -4.06. The molecule has 1 aliphatic carbocycles.